The Labute approximate surface area is 124 Å². The van der Waals surface area contributed by atoms with Crippen LogP contribution in [0.25, 0.3) is 0 Å². The molecule has 0 heterocycles. The van der Waals surface area contributed by atoms with E-state index in [1.807, 2.05) is 12.1 Å². The van der Waals surface area contributed by atoms with Gasteiger partial charge in [-0.05, 0) is 30.5 Å². The third-order valence-corrected chi connectivity index (χ3v) is 4.12. The Balaban J connectivity index is 2.44. The standard InChI is InChI=1S/C15H21NO5/c1-19-13-8-10(9-14(20-2)15(13)21-3)11-6-4-5-7-12(11)16(17)18/h8-9,11-12H,4-7H2,1-3H3/t11-,12+/m0/s1. The molecule has 1 aliphatic rings. The van der Waals surface area contributed by atoms with Crippen LogP contribution in [-0.2, 0) is 0 Å². The van der Waals surface area contributed by atoms with Crippen LogP contribution in [-0.4, -0.2) is 32.3 Å². The zero-order valence-electron chi connectivity index (χ0n) is 12.6. The van der Waals surface area contributed by atoms with Crippen molar-refractivity contribution in [1.82, 2.24) is 0 Å². The Kier molecular flexibility index (Phi) is 4.88. The Morgan fingerprint density at radius 1 is 1.05 bits per heavy atom. The van der Waals surface area contributed by atoms with Crippen molar-refractivity contribution >= 4 is 0 Å². The summed E-state index contributed by atoms with van der Waals surface area (Å²) in [6.07, 6.45) is 3.34. The summed E-state index contributed by atoms with van der Waals surface area (Å²) >= 11 is 0. The first-order valence-corrected chi connectivity index (χ1v) is 7.05. The first-order valence-electron chi connectivity index (χ1n) is 7.05. The molecule has 0 radical (unpaired) electrons. The van der Waals surface area contributed by atoms with Gasteiger partial charge >= 0.3 is 0 Å². The maximum absolute atomic E-state index is 11.3. The van der Waals surface area contributed by atoms with Crippen LogP contribution in [0.15, 0.2) is 12.1 Å². The molecule has 1 fully saturated rings. The molecule has 0 aromatic heterocycles. The van der Waals surface area contributed by atoms with Crippen LogP contribution in [0.1, 0.15) is 37.2 Å². The predicted octanol–water partition coefficient (Wildman–Crippen LogP) is 3.02. The first kappa shape index (κ1) is 15.4. The molecule has 2 rings (SSSR count). The summed E-state index contributed by atoms with van der Waals surface area (Å²) in [7, 11) is 4.64. The van der Waals surface area contributed by atoms with Crippen molar-refractivity contribution in [3.8, 4) is 17.2 Å². The van der Waals surface area contributed by atoms with E-state index in [1.54, 1.807) is 21.3 Å². The minimum absolute atomic E-state index is 0.109. The summed E-state index contributed by atoms with van der Waals surface area (Å²) < 4.78 is 16.0. The number of hydrogen-bond acceptors (Lipinski definition) is 5. The Morgan fingerprint density at radius 2 is 1.62 bits per heavy atom. The van der Waals surface area contributed by atoms with Gasteiger partial charge < -0.3 is 14.2 Å². The zero-order valence-corrected chi connectivity index (χ0v) is 12.6. The van der Waals surface area contributed by atoms with E-state index in [9.17, 15) is 10.1 Å². The fourth-order valence-corrected chi connectivity index (χ4v) is 3.07. The van der Waals surface area contributed by atoms with Gasteiger partial charge in [0.1, 0.15) is 0 Å². The summed E-state index contributed by atoms with van der Waals surface area (Å²) in [5.41, 5.74) is 0.880. The summed E-state index contributed by atoms with van der Waals surface area (Å²) in [4.78, 5) is 11.1. The highest BCUT2D eigenvalue weighted by molar-refractivity contribution is 5.54. The molecule has 116 valence electrons. The molecule has 1 aromatic carbocycles. The van der Waals surface area contributed by atoms with E-state index in [1.165, 1.54) is 0 Å². The van der Waals surface area contributed by atoms with E-state index in [2.05, 4.69) is 0 Å². The van der Waals surface area contributed by atoms with Crippen LogP contribution in [0, 0.1) is 10.1 Å². The average Bonchev–Trinajstić information content (AvgIpc) is 2.53. The number of hydrogen-bond donors (Lipinski definition) is 0. The molecule has 6 nitrogen and oxygen atoms in total. The fraction of sp³-hybridized carbons (Fsp3) is 0.600. The Hall–Kier alpha value is -1.98. The molecule has 0 saturated heterocycles. The van der Waals surface area contributed by atoms with Crippen LogP contribution in [0.5, 0.6) is 17.2 Å². The van der Waals surface area contributed by atoms with Crippen molar-refractivity contribution in [2.24, 2.45) is 0 Å². The highest BCUT2D eigenvalue weighted by Crippen LogP contribution is 2.43. The molecule has 1 saturated carbocycles. The minimum atomic E-state index is -0.540. The van der Waals surface area contributed by atoms with Gasteiger partial charge in [0.2, 0.25) is 11.8 Å². The van der Waals surface area contributed by atoms with E-state index in [4.69, 9.17) is 14.2 Å². The van der Waals surface area contributed by atoms with Gasteiger partial charge in [-0.25, -0.2) is 0 Å². The SMILES string of the molecule is COc1cc([C@@H]2CCCC[C@H]2[N+](=O)[O-])cc(OC)c1OC. The van der Waals surface area contributed by atoms with Gasteiger partial charge in [-0.15, -0.1) is 0 Å². The van der Waals surface area contributed by atoms with Gasteiger partial charge in [-0.1, -0.05) is 6.42 Å². The van der Waals surface area contributed by atoms with Crippen molar-refractivity contribution in [2.75, 3.05) is 21.3 Å². The second-order valence-electron chi connectivity index (χ2n) is 5.20. The van der Waals surface area contributed by atoms with Crippen molar-refractivity contribution in [2.45, 2.75) is 37.6 Å². The number of nitrogens with zero attached hydrogens (tertiary/aromatic N) is 1. The van der Waals surface area contributed by atoms with Gasteiger partial charge in [0.25, 0.3) is 0 Å². The molecular formula is C15H21NO5. The molecule has 0 spiro atoms. The van der Waals surface area contributed by atoms with Crippen LogP contribution in [0.3, 0.4) is 0 Å². The Morgan fingerprint density at radius 3 is 2.10 bits per heavy atom. The maximum Gasteiger partial charge on any atom is 0.219 e. The highest BCUT2D eigenvalue weighted by Gasteiger charge is 2.36. The molecule has 6 heteroatoms. The van der Waals surface area contributed by atoms with Crippen molar-refractivity contribution < 1.29 is 19.1 Å². The molecule has 0 N–H and O–H groups in total. The summed E-state index contributed by atoms with van der Waals surface area (Å²) in [5, 5.41) is 11.3. The molecule has 2 atom stereocenters. The van der Waals surface area contributed by atoms with E-state index >= 15 is 0 Å². The first-order chi connectivity index (χ1) is 10.1. The number of rotatable bonds is 5. The number of methoxy groups -OCH3 is 3. The van der Waals surface area contributed by atoms with Crippen molar-refractivity contribution in [3.63, 3.8) is 0 Å². The average molecular weight is 295 g/mol. The molecule has 1 aromatic rings. The quantitative estimate of drug-likeness (QED) is 0.617. The predicted molar refractivity (Wildman–Crippen MR) is 78.1 cm³/mol. The number of benzene rings is 1. The number of ether oxygens (including phenoxy) is 3. The minimum Gasteiger partial charge on any atom is -0.493 e. The summed E-state index contributed by atoms with van der Waals surface area (Å²) in [6, 6.07) is 3.11. The highest BCUT2D eigenvalue weighted by atomic mass is 16.6. The third-order valence-electron chi connectivity index (χ3n) is 4.12. The fourth-order valence-electron chi connectivity index (χ4n) is 3.07. The molecule has 1 aliphatic carbocycles. The van der Waals surface area contributed by atoms with Gasteiger partial charge in [0.05, 0.1) is 27.2 Å². The topological polar surface area (TPSA) is 70.8 Å². The lowest BCUT2D eigenvalue weighted by Gasteiger charge is -2.26. The lowest BCUT2D eigenvalue weighted by atomic mass is 9.80. The van der Waals surface area contributed by atoms with E-state index in [0.717, 1.165) is 24.8 Å². The van der Waals surface area contributed by atoms with Crippen molar-refractivity contribution in [1.29, 1.82) is 0 Å². The zero-order chi connectivity index (χ0) is 15.4. The van der Waals surface area contributed by atoms with Gasteiger partial charge in [-0.3, -0.25) is 10.1 Å². The van der Waals surface area contributed by atoms with E-state index < -0.39 is 6.04 Å². The van der Waals surface area contributed by atoms with E-state index in [0.29, 0.717) is 23.7 Å². The van der Waals surface area contributed by atoms with Crippen LogP contribution < -0.4 is 14.2 Å². The van der Waals surface area contributed by atoms with Crippen LogP contribution in [0.4, 0.5) is 0 Å². The van der Waals surface area contributed by atoms with E-state index in [-0.39, 0.29) is 10.8 Å². The molecule has 21 heavy (non-hydrogen) atoms. The number of nitro groups is 1. The van der Waals surface area contributed by atoms with Gasteiger partial charge in [0.15, 0.2) is 11.5 Å². The second-order valence-corrected chi connectivity index (χ2v) is 5.20. The maximum atomic E-state index is 11.3. The van der Waals surface area contributed by atoms with Crippen molar-refractivity contribution in [3.05, 3.63) is 27.8 Å². The second kappa shape index (κ2) is 6.65. The molecule has 0 bridgehead atoms. The lowest BCUT2D eigenvalue weighted by Crippen LogP contribution is -2.30. The van der Waals surface area contributed by atoms with Gasteiger partial charge in [0, 0.05) is 11.3 Å². The summed E-state index contributed by atoms with van der Waals surface area (Å²) in [6.45, 7) is 0. The summed E-state index contributed by atoms with van der Waals surface area (Å²) in [5.74, 6) is 1.48. The monoisotopic (exact) mass is 295 g/mol. The third kappa shape index (κ3) is 3.04. The van der Waals surface area contributed by atoms with Crippen LogP contribution >= 0.6 is 0 Å². The van der Waals surface area contributed by atoms with Gasteiger partial charge in [-0.2, -0.15) is 0 Å². The molecular weight excluding hydrogens is 274 g/mol. The lowest BCUT2D eigenvalue weighted by molar-refractivity contribution is -0.530. The normalized spacial score (nSPS) is 21.7. The smallest absolute Gasteiger partial charge is 0.219 e. The molecule has 0 amide bonds. The van der Waals surface area contributed by atoms with Crippen LogP contribution in [0.2, 0.25) is 0 Å². The largest absolute Gasteiger partial charge is 0.493 e. The molecule has 0 aliphatic heterocycles. The Bertz CT molecular complexity index is 492. The molecule has 0 unspecified atom stereocenters.